The summed E-state index contributed by atoms with van der Waals surface area (Å²) in [5, 5.41) is 2.66. The molecule has 0 unspecified atom stereocenters. The number of carbonyl (C=O) groups excluding carboxylic acids is 2. The molecule has 1 N–H and O–H groups in total. The average Bonchev–Trinajstić information content (AvgIpc) is 2.73. The van der Waals surface area contributed by atoms with Crippen LogP contribution in [0.3, 0.4) is 0 Å². The van der Waals surface area contributed by atoms with Gasteiger partial charge < -0.3 is 9.64 Å². The maximum atomic E-state index is 13.1. The number of thiocarbonyl (C=S) groups is 1. The van der Waals surface area contributed by atoms with Gasteiger partial charge in [-0.25, -0.2) is 0 Å². The van der Waals surface area contributed by atoms with Gasteiger partial charge in [-0.15, -0.1) is 0 Å². The number of anilines is 2. The second-order valence-electron chi connectivity index (χ2n) is 6.39. The fourth-order valence-electron chi connectivity index (χ4n) is 3.23. The number of rotatable bonds is 6. The molecule has 6 nitrogen and oxygen atoms in total. The van der Waals surface area contributed by atoms with Gasteiger partial charge in [0.1, 0.15) is 11.3 Å². The minimum Gasteiger partial charge on any atom is -0.496 e. The molecule has 0 aromatic heterocycles. The lowest BCUT2D eigenvalue weighted by atomic mass is 10.1. The normalized spacial score (nSPS) is 15.5. The van der Waals surface area contributed by atoms with E-state index in [1.54, 1.807) is 37.5 Å². The Kier molecular flexibility index (Phi) is 6.29. The zero-order valence-electron chi connectivity index (χ0n) is 16.6. The maximum Gasteiger partial charge on any atom is 0.270 e. The molecule has 3 rings (SSSR count). The van der Waals surface area contributed by atoms with Gasteiger partial charge in [0.2, 0.25) is 0 Å². The van der Waals surface area contributed by atoms with Crippen LogP contribution in [0.5, 0.6) is 5.75 Å². The first-order valence-corrected chi connectivity index (χ1v) is 9.80. The van der Waals surface area contributed by atoms with Crippen molar-refractivity contribution in [2.45, 2.75) is 13.8 Å². The highest BCUT2D eigenvalue weighted by Crippen LogP contribution is 2.29. The maximum absolute atomic E-state index is 13.1. The van der Waals surface area contributed by atoms with Crippen molar-refractivity contribution in [2.75, 3.05) is 30.0 Å². The molecule has 0 atom stereocenters. The van der Waals surface area contributed by atoms with Crippen LogP contribution in [0, 0.1) is 0 Å². The highest BCUT2D eigenvalue weighted by Gasteiger charge is 2.34. The van der Waals surface area contributed by atoms with Gasteiger partial charge in [0.05, 0.1) is 12.8 Å². The fourth-order valence-corrected chi connectivity index (χ4v) is 3.51. The third-order valence-corrected chi connectivity index (χ3v) is 5.05. The van der Waals surface area contributed by atoms with Gasteiger partial charge >= 0.3 is 0 Å². The first-order chi connectivity index (χ1) is 14.0. The first-order valence-electron chi connectivity index (χ1n) is 9.39. The Labute approximate surface area is 175 Å². The molecule has 1 saturated heterocycles. The lowest BCUT2D eigenvalue weighted by Gasteiger charge is -2.29. The number of methoxy groups -OCH3 is 1. The van der Waals surface area contributed by atoms with E-state index in [1.807, 2.05) is 24.3 Å². The molecule has 1 heterocycles. The van der Waals surface area contributed by atoms with Crippen molar-refractivity contribution in [3.05, 3.63) is 59.7 Å². The number of hydrogen-bond donors (Lipinski definition) is 1. The molecule has 7 heteroatoms. The van der Waals surface area contributed by atoms with Crippen LogP contribution >= 0.6 is 12.2 Å². The smallest absolute Gasteiger partial charge is 0.270 e. The monoisotopic (exact) mass is 409 g/mol. The molecule has 0 aliphatic carbocycles. The van der Waals surface area contributed by atoms with E-state index in [2.05, 4.69) is 24.1 Å². The van der Waals surface area contributed by atoms with Crippen LogP contribution in [0.15, 0.2) is 54.1 Å². The Morgan fingerprint density at radius 2 is 1.79 bits per heavy atom. The van der Waals surface area contributed by atoms with Crippen LogP contribution in [0.2, 0.25) is 0 Å². The fraction of sp³-hybridized carbons (Fsp3) is 0.227. The largest absolute Gasteiger partial charge is 0.496 e. The minimum absolute atomic E-state index is 0.00339. The third kappa shape index (κ3) is 4.14. The molecule has 2 amide bonds. The van der Waals surface area contributed by atoms with Crippen LogP contribution in [0.1, 0.15) is 19.4 Å². The number of benzene rings is 2. The first kappa shape index (κ1) is 20.5. The molecule has 1 aliphatic rings. The molecule has 0 radical (unpaired) electrons. The van der Waals surface area contributed by atoms with Gasteiger partial charge in [0, 0.05) is 30.4 Å². The highest BCUT2D eigenvalue weighted by molar-refractivity contribution is 7.80. The van der Waals surface area contributed by atoms with Gasteiger partial charge in [0.15, 0.2) is 5.11 Å². The Bertz CT molecular complexity index is 969. The molecule has 1 aliphatic heterocycles. The molecule has 2 aromatic carbocycles. The number of para-hydroxylation sites is 1. The van der Waals surface area contributed by atoms with Crippen molar-refractivity contribution in [1.82, 2.24) is 5.32 Å². The summed E-state index contributed by atoms with van der Waals surface area (Å²) in [4.78, 5) is 29.1. The standard InChI is InChI=1S/C22H23N3O3S/c1-4-24(5-2)17-12-11-15(19(14-17)28-3)13-18-20(26)23-22(29)25(21(18)27)16-9-7-6-8-10-16/h6-14H,4-5H2,1-3H3,(H,23,26,29)/b18-13-. The van der Waals surface area contributed by atoms with Crippen LogP contribution < -0.4 is 19.9 Å². The molecule has 1 fully saturated rings. The number of amides is 2. The van der Waals surface area contributed by atoms with Crippen molar-refractivity contribution < 1.29 is 14.3 Å². The molecule has 0 bridgehead atoms. The van der Waals surface area contributed by atoms with Gasteiger partial charge in [0.25, 0.3) is 11.8 Å². The Balaban J connectivity index is 2.01. The predicted octanol–water partition coefficient (Wildman–Crippen LogP) is 3.37. The summed E-state index contributed by atoms with van der Waals surface area (Å²) in [5.74, 6) is -0.413. The minimum atomic E-state index is -0.526. The summed E-state index contributed by atoms with van der Waals surface area (Å²) in [6.45, 7) is 5.89. The van der Waals surface area contributed by atoms with Gasteiger partial charge in [-0.2, -0.15) is 0 Å². The predicted molar refractivity (Wildman–Crippen MR) is 119 cm³/mol. The third-order valence-electron chi connectivity index (χ3n) is 4.76. The lowest BCUT2D eigenvalue weighted by Crippen LogP contribution is -2.54. The van der Waals surface area contributed by atoms with Crippen LogP contribution in [-0.2, 0) is 9.59 Å². The van der Waals surface area contributed by atoms with Crippen molar-refractivity contribution in [1.29, 1.82) is 0 Å². The summed E-state index contributed by atoms with van der Waals surface area (Å²) >= 11 is 5.22. The van der Waals surface area contributed by atoms with Crippen molar-refractivity contribution in [3.63, 3.8) is 0 Å². The second kappa shape index (κ2) is 8.87. The number of ether oxygens (including phenoxy) is 1. The van der Waals surface area contributed by atoms with E-state index < -0.39 is 11.8 Å². The SMILES string of the molecule is CCN(CC)c1ccc(/C=C2/C(=O)NC(=S)N(c3ccccc3)C2=O)c(OC)c1. The Morgan fingerprint density at radius 3 is 2.41 bits per heavy atom. The summed E-state index contributed by atoms with van der Waals surface area (Å²) in [6, 6.07) is 14.7. The molecule has 150 valence electrons. The summed E-state index contributed by atoms with van der Waals surface area (Å²) in [7, 11) is 1.57. The lowest BCUT2D eigenvalue weighted by molar-refractivity contribution is -0.122. The molecular weight excluding hydrogens is 386 g/mol. The zero-order chi connectivity index (χ0) is 21.0. The van der Waals surface area contributed by atoms with Crippen LogP contribution in [-0.4, -0.2) is 37.1 Å². The topological polar surface area (TPSA) is 61.9 Å². The van der Waals surface area contributed by atoms with E-state index in [0.29, 0.717) is 17.0 Å². The molecule has 29 heavy (non-hydrogen) atoms. The zero-order valence-corrected chi connectivity index (χ0v) is 17.5. The Morgan fingerprint density at radius 1 is 1.10 bits per heavy atom. The van der Waals surface area contributed by atoms with Crippen molar-refractivity contribution in [3.8, 4) is 5.75 Å². The summed E-state index contributed by atoms with van der Waals surface area (Å²) in [6.07, 6.45) is 1.54. The molecule has 0 saturated carbocycles. The van der Waals surface area contributed by atoms with Crippen molar-refractivity contribution in [2.24, 2.45) is 0 Å². The van der Waals surface area contributed by atoms with Crippen molar-refractivity contribution >= 4 is 46.6 Å². The second-order valence-corrected chi connectivity index (χ2v) is 6.78. The number of nitrogens with one attached hydrogen (secondary N) is 1. The van der Waals surface area contributed by atoms with E-state index in [4.69, 9.17) is 17.0 Å². The Hall–Kier alpha value is -3.19. The number of carbonyl (C=O) groups is 2. The quantitative estimate of drug-likeness (QED) is 0.450. The number of hydrogen-bond acceptors (Lipinski definition) is 5. The van der Waals surface area contributed by atoms with E-state index in [0.717, 1.165) is 18.8 Å². The number of nitrogens with zero attached hydrogens (tertiary/aromatic N) is 2. The van der Waals surface area contributed by atoms with Gasteiger partial charge in [-0.05, 0) is 56.4 Å². The van der Waals surface area contributed by atoms with E-state index in [-0.39, 0.29) is 10.7 Å². The summed E-state index contributed by atoms with van der Waals surface area (Å²) in [5.41, 5.74) is 2.25. The molecular formula is C22H23N3O3S. The van der Waals surface area contributed by atoms with E-state index in [1.165, 1.54) is 4.90 Å². The van der Waals surface area contributed by atoms with Crippen LogP contribution in [0.25, 0.3) is 6.08 Å². The molecule has 2 aromatic rings. The molecule has 0 spiro atoms. The van der Waals surface area contributed by atoms with Crippen LogP contribution in [0.4, 0.5) is 11.4 Å². The van der Waals surface area contributed by atoms with Gasteiger partial charge in [-0.3, -0.25) is 19.8 Å². The summed E-state index contributed by atoms with van der Waals surface area (Å²) < 4.78 is 5.52. The van der Waals surface area contributed by atoms with Gasteiger partial charge in [-0.1, -0.05) is 18.2 Å². The highest BCUT2D eigenvalue weighted by atomic mass is 32.1. The van der Waals surface area contributed by atoms with E-state index in [9.17, 15) is 9.59 Å². The average molecular weight is 410 g/mol. The van der Waals surface area contributed by atoms with E-state index >= 15 is 0 Å².